The Morgan fingerprint density at radius 3 is 2.55 bits per heavy atom. The maximum absolute atomic E-state index is 5.12. The molecule has 0 atom stereocenters. The van der Waals surface area contributed by atoms with Gasteiger partial charge >= 0.3 is 0 Å². The molecule has 1 aromatic heterocycles. The van der Waals surface area contributed by atoms with Crippen molar-refractivity contribution in [3.05, 3.63) is 10.6 Å². The summed E-state index contributed by atoms with van der Waals surface area (Å²) in [5, 5.41) is 4.46. The maximum Gasteiger partial charge on any atom is 0.185 e. The predicted molar refractivity (Wildman–Crippen MR) is 84.9 cm³/mol. The minimum atomic E-state index is 0.440. The van der Waals surface area contributed by atoms with E-state index >= 15 is 0 Å². The summed E-state index contributed by atoms with van der Waals surface area (Å²) in [7, 11) is 5.50. The van der Waals surface area contributed by atoms with Crippen molar-refractivity contribution >= 4 is 16.5 Å². The topological polar surface area (TPSA) is 46.6 Å². The van der Waals surface area contributed by atoms with Gasteiger partial charge in [-0.25, -0.2) is 4.98 Å². The van der Waals surface area contributed by atoms with Gasteiger partial charge in [0.2, 0.25) is 0 Å². The molecular formula is C14H27N3O2S. The third-order valence-corrected chi connectivity index (χ3v) is 4.17. The summed E-state index contributed by atoms with van der Waals surface area (Å²) < 4.78 is 10.2. The molecule has 5 nitrogen and oxygen atoms in total. The van der Waals surface area contributed by atoms with E-state index in [0.29, 0.717) is 12.5 Å². The molecule has 0 radical (unpaired) electrons. The number of nitrogens with one attached hydrogen (secondary N) is 1. The highest BCUT2D eigenvalue weighted by Crippen LogP contribution is 2.30. The van der Waals surface area contributed by atoms with E-state index in [1.807, 2.05) is 0 Å². The first kappa shape index (κ1) is 17.4. The minimum Gasteiger partial charge on any atom is -0.383 e. The normalized spacial score (nSPS) is 11.3. The van der Waals surface area contributed by atoms with Gasteiger partial charge in [-0.1, -0.05) is 13.8 Å². The van der Waals surface area contributed by atoms with Crippen LogP contribution < -0.4 is 10.2 Å². The molecule has 1 N–H and O–H groups in total. The van der Waals surface area contributed by atoms with Gasteiger partial charge in [-0.2, -0.15) is 0 Å². The van der Waals surface area contributed by atoms with Crippen molar-refractivity contribution in [1.29, 1.82) is 0 Å². The highest BCUT2D eigenvalue weighted by Gasteiger charge is 2.16. The van der Waals surface area contributed by atoms with Gasteiger partial charge in [0, 0.05) is 45.8 Å². The number of methoxy groups -OCH3 is 2. The Kier molecular flexibility index (Phi) is 8.06. The smallest absolute Gasteiger partial charge is 0.185 e. The number of hydrogen-bond donors (Lipinski definition) is 1. The Balaban J connectivity index is 2.69. The predicted octanol–water partition coefficient (Wildman–Crippen LogP) is 2.09. The Morgan fingerprint density at radius 2 is 1.95 bits per heavy atom. The van der Waals surface area contributed by atoms with Gasteiger partial charge in [-0.05, 0) is 5.92 Å². The average Bonchev–Trinajstić information content (AvgIpc) is 2.85. The second kappa shape index (κ2) is 9.28. The van der Waals surface area contributed by atoms with E-state index in [-0.39, 0.29) is 0 Å². The lowest BCUT2D eigenvalue weighted by Crippen LogP contribution is -2.21. The van der Waals surface area contributed by atoms with Crippen LogP contribution in [0.4, 0.5) is 5.13 Å². The van der Waals surface area contributed by atoms with Gasteiger partial charge in [0.15, 0.2) is 5.13 Å². The van der Waals surface area contributed by atoms with Crippen LogP contribution in [-0.4, -0.2) is 52.6 Å². The number of ether oxygens (including phenoxy) is 2. The van der Waals surface area contributed by atoms with Crippen molar-refractivity contribution < 1.29 is 9.47 Å². The van der Waals surface area contributed by atoms with Crippen LogP contribution in [0.3, 0.4) is 0 Å². The molecule has 0 aliphatic heterocycles. The van der Waals surface area contributed by atoms with Gasteiger partial charge in [0.25, 0.3) is 0 Å². The lowest BCUT2D eigenvalue weighted by atomic mass is 10.1. The summed E-state index contributed by atoms with van der Waals surface area (Å²) in [4.78, 5) is 8.25. The van der Waals surface area contributed by atoms with Crippen LogP contribution >= 0.6 is 11.3 Å². The van der Waals surface area contributed by atoms with E-state index in [9.17, 15) is 0 Å². The van der Waals surface area contributed by atoms with Crippen LogP contribution in [0.25, 0.3) is 0 Å². The third kappa shape index (κ3) is 5.36. The van der Waals surface area contributed by atoms with Gasteiger partial charge in [0.1, 0.15) is 0 Å². The number of likely N-dealkylation sites (N-methyl/N-ethyl adjacent to an activating group) is 1. The zero-order chi connectivity index (χ0) is 15.0. The molecule has 6 heteroatoms. The van der Waals surface area contributed by atoms with Crippen LogP contribution in [0.5, 0.6) is 0 Å². The Hall–Kier alpha value is -0.690. The molecule has 0 spiro atoms. The number of anilines is 1. The molecule has 1 heterocycles. The molecule has 0 saturated heterocycles. The lowest BCUT2D eigenvalue weighted by molar-refractivity contribution is 0.199. The molecule has 0 bridgehead atoms. The van der Waals surface area contributed by atoms with Crippen molar-refractivity contribution in [3.63, 3.8) is 0 Å². The van der Waals surface area contributed by atoms with Crippen molar-refractivity contribution in [2.45, 2.75) is 26.3 Å². The minimum absolute atomic E-state index is 0.440. The van der Waals surface area contributed by atoms with Gasteiger partial charge in [-0.3, -0.25) is 0 Å². The SMILES string of the molecule is COCCNCc1sc(N(C)CCOC)nc1C(C)C. The molecule has 0 unspecified atom stereocenters. The van der Waals surface area contributed by atoms with Gasteiger partial charge < -0.3 is 19.7 Å². The highest BCUT2D eigenvalue weighted by atomic mass is 32.1. The molecule has 0 aromatic carbocycles. The summed E-state index contributed by atoms with van der Waals surface area (Å²) in [6.07, 6.45) is 0. The quantitative estimate of drug-likeness (QED) is 0.671. The number of rotatable bonds is 10. The molecule has 1 aromatic rings. The van der Waals surface area contributed by atoms with E-state index in [1.54, 1.807) is 25.6 Å². The molecule has 0 aliphatic rings. The molecule has 1 rings (SSSR count). The van der Waals surface area contributed by atoms with E-state index in [0.717, 1.165) is 31.4 Å². The standard InChI is InChI=1S/C14H27N3O2S/c1-11(2)13-12(10-15-6-8-18-4)20-14(16-13)17(3)7-9-19-5/h11,15H,6-10H2,1-5H3. The van der Waals surface area contributed by atoms with Crippen molar-refractivity contribution in [2.24, 2.45) is 0 Å². The van der Waals surface area contributed by atoms with E-state index in [4.69, 9.17) is 14.5 Å². The van der Waals surface area contributed by atoms with Crippen molar-refractivity contribution in [3.8, 4) is 0 Å². The third-order valence-electron chi connectivity index (χ3n) is 2.99. The van der Waals surface area contributed by atoms with Gasteiger partial charge in [-0.15, -0.1) is 11.3 Å². The van der Waals surface area contributed by atoms with Crippen LogP contribution in [0.2, 0.25) is 0 Å². The molecule has 0 fully saturated rings. The van der Waals surface area contributed by atoms with E-state index in [2.05, 4.69) is 31.1 Å². The molecule has 0 saturated carbocycles. The maximum atomic E-state index is 5.12. The van der Waals surface area contributed by atoms with Gasteiger partial charge in [0.05, 0.1) is 18.9 Å². The van der Waals surface area contributed by atoms with Crippen LogP contribution in [-0.2, 0) is 16.0 Å². The second-order valence-electron chi connectivity index (χ2n) is 5.04. The fraction of sp³-hybridized carbons (Fsp3) is 0.786. The summed E-state index contributed by atoms with van der Waals surface area (Å²) in [6.45, 7) is 8.40. The second-order valence-corrected chi connectivity index (χ2v) is 6.11. The first-order chi connectivity index (χ1) is 9.60. The Labute approximate surface area is 126 Å². The lowest BCUT2D eigenvalue weighted by Gasteiger charge is -2.14. The zero-order valence-corrected chi connectivity index (χ0v) is 14.0. The first-order valence-corrected chi connectivity index (χ1v) is 7.81. The average molecular weight is 301 g/mol. The molecular weight excluding hydrogens is 274 g/mol. The van der Waals surface area contributed by atoms with Crippen LogP contribution in [0.1, 0.15) is 30.3 Å². The van der Waals surface area contributed by atoms with Crippen molar-refractivity contribution in [1.82, 2.24) is 10.3 Å². The zero-order valence-electron chi connectivity index (χ0n) is 13.2. The summed E-state index contributed by atoms with van der Waals surface area (Å²) in [5.41, 5.74) is 1.19. The molecule has 20 heavy (non-hydrogen) atoms. The van der Waals surface area contributed by atoms with E-state index < -0.39 is 0 Å². The van der Waals surface area contributed by atoms with Crippen molar-refractivity contribution in [2.75, 3.05) is 52.5 Å². The summed E-state index contributed by atoms with van der Waals surface area (Å²) in [6, 6.07) is 0. The summed E-state index contributed by atoms with van der Waals surface area (Å²) in [5.74, 6) is 0.440. The monoisotopic (exact) mass is 301 g/mol. The number of nitrogens with zero attached hydrogens (tertiary/aromatic N) is 2. The fourth-order valence-electron chi connectivity index (χ4n) is 1.79. The number of thiazole rings is 1. The van der Waals surface area contributed by atoms with Crippen LogP contribution in [0, 0.1) is 0 Å². The number of aromatic nitrogens is 1. The molecule has 0 aliphatic carbocycles. The number of hydrogen-bond acceptors (Lipinski definition) is 6. The largest absolute Gasteiger partial charge is 0.383 e. The highest BCUT2D eigenvalue weighted by molar-refractivity contribution is 7.15. The Bertz CT molecular complexity index is 382. The molecule has 116 valence electrons. The Morgan fingerprint density at radius 1 is 1.25 bits per heavy atom. The van der Waals surface area contributed by atoms with E-state index in [1.165, 1.54) is 10.6 Å². The molecule has 0 amide bonds. The summed E-state index contributed by atoms with van der Waals surface area (Å²) >= 11 is 1.76. The fourth-order valence-corrected chi connectivity index (χ4v) is 2.96. The van der Waals surface area contributed by atoms with Crippen LogP contribution in [0.15, 0.2) is 0 Å². The first-order valence-electron chi connectivity index (χ1n) is 6.99.